The zero-order chi connectivity index (χ0) is 14.8. The lowest BCUT2D eigenvalue weighted by Gasteiger charge is -2.21. The predicted molar refractivity (Wildman–Crippen MR) is 83.4 cm³/mol. The van der Waals surface area contributed by atoms with Gasteiger partial charge in [0.2, 0.25) is 0 Å². The van der Waals surface area contributed by atoms with Crippen molar-refractivity contribution >= 4 is 17.3 Å². The molecule has 0 spiro atoms. The van der Waals surface area contributed by atoms with E-state index in [1.807, 2.05) is 36.4 Å². The van der Waals surface area contributed by atoms with E-state index in [0.29, 0.717) is 0 Å². The summed E-state index contributed by atoms with van der Waals surface area (Å²) in [6.45, 7) is 1.64. The Labute approximate surface area is 123 Å². The van der Waals surface area contributed by atoms with Crippen molar-refractivity contribution in [1.29, 1.82) is 0 Å². The summed E-state index contributed by atoms with van der Waals surface area (Å²) >= 11 is 0. The summed E-state index contributed by atoms with van der Waals surface area (Å²) in [5.74, 6) is -0.798. The number of nitrogens with two attached hydrogens (primary N) is 1. The number of hydrogen-bond acceptors (Lipinski definition) is 3. The van der Waals surface area contributed by atoms with E-state index in [4.69, 9.17) is 10.8 Å². The molecular formula is C17H18N2O2. The summed E-state index contributed by atoms with van der Waals surface area (Å²) in [6, 6.07) is 13.7. The van der Waals surface area contributed by atoms with Gasteiger partial charge in [-0.25, -0.2) is 0 Å². The van der Waals surface area contributed by atoms with Crippen LogP contribution >= 0.6 is 0 Å². The Hall–Kier alpha value is -2.49. The number of anilines is 2. The minimum atomic E-state index is -0.798. The zero-order valence-electron chi connectivity index (χ0n) is 11.7. The summed E-state index contributed by atoms with van der Waals surface area (Å²) in [6.07, 6.45) is 1.01. The fraction of sp³-hybridized carbons (Fsp3) is 0.235. The molecule has 0 atom stereocenters. The number of carboxylic acids is 1. The van der Waals surface area contributed by atoms with Gasteiger partial charge in [-0.1, -0.05) is 30.3 Å². The van der Waals surface area contributed by atoms with Crippen LogP contribution in [0.1, 0.15) is 16.7 Å². The molecule has 2 aromatic rings. The number of fused-ring (bicyclic) bond motifs is 1. The van der Waals surface area contributed by atoms with Gasteiger partial charge in [-0.05, 0) is 29.7 Å². The molecule has 1 aliphatic rings. The van der Waals surface area contributed by atoms with Gasteiger partial charge >= 0.3 is 5.97 Å². The molecule has 0 amide bonds. The van der Waals surface area contributed by atoms with E-state index in [-0.39, 0.29) is 6.42 Å². The fourth-order valence-electron chi connectivity index (χ4n) is 2.94. The van der Waals surface area contributed by atoms with Gasteiger partial charge in [0.1, 0.15) is 0 Å². The van der Waals surface area contributed by atoms with Crippen LogP contribution in [0.25, 0.3) is 0 Å². The molecule has 0 saturated heterocycles. The molecule has 0 bridgehead atoms. The third-order valence-electron chi connectivity index (χ3n) is 3.98. The maximum Gasteiger partial charge on any atom is 0.307 e. The number of hydrogen-bond donors (Lipinski definition) is 2. The maximum absolute atomic E-state index is 11.0. The number of carboxylic acid groups (broad SMARTS) is 1. The lowest BCUT2D eigenvalue weighted by Crippen LogP contribution is -2.21. The molecular weight excluding hydrogens is 264 g/mol. The molecule has 108 valence electrons. The lowest BCUT2D eigenvalue weighted by atomic mass is 10.0. The molecule has 2 aromatic carbocycles. The molecule has 0 saturated carbocycles. The molecule has 1 heterocycles. The summed E-state index contributed by atoms with van der Waals surface area (Å²) in [5.41, 5.74) is 11.2. The molecule has 4 nitrogen and oxygen atoms in total. The van der Waals surface area contributed by atoms with Crippen molar-refractivity contribution in [3.05, 3.63) is 59.2 Å². The van der Waals surface area contributed by atoms with Crippen LogP contribution in [0.5, 0.6) is 0 Å². The molecule has 4 heteroatoms. The Balaban J connectivity index is 1.87. The highest BCUT2D eigenvalue weighted by atomic mass is 16.4. The van der Waals surface area contributed by atoms with Crippen molar-refractivity contribution in [3.8, 4) is 0 Å². The van der Waals surface area contributed by atoms with Crippen molar-refractivity contribution in [2.24, 2.45) is 0 Å². The molecule has 1 aliphatic heterocycles. The van der Waals surface area contributed by atoms with E-state index in [0.717, 1.165) is 36.3 Å². The summed E-state index contributed by atoms with van der Waals surface area (Å²) < 4.78 is 0. The molecule has 0 unspecified atom stereocenters. The van der Waals surface area contributed by atoms with Crippen LogP contribution < -0.4 is 10.6 Å². The van der Waals surface area contributed by atoms with Crippen LogP contribution in [0.3, 0.4) is 0 Å². The zero-order valence-corrected chi connectivity index (χ0v) is 11.7. The van der Waals surface area contributed by atoms with Crippen LogP contribution in [0.15, 0.2) is 42.5 Å². The predicted octanol–water partition coefficient (Wildman–Crippen LogP) is 2.46. The summed E-state index contributed by atoms with van der Waals surface area (Å²) in [5, 5.41) is 9.02. The Morgan fingerprint density at radius 2 is 1.90 bits per heavy atom. The van der Waals surface area contributed by atoms with Crippen molar-refractivity contribution in [2.45, 2.75) is 19.4 Å². The number of aliphatic carboxylic acids is 1. The second kappa shape index (κ2) is 5.48. The minimum Gasteiger partial charge on any atom is -0.481 e. The van der Waals surface area contributed by atoms with Crippen LogP contribution in [0.2, 0.25) is 0 Å². The molecule has 0 aromatic heterocycles. The highest BCUT2D eigenvalue weighted by molar-refractivity contribution is 5.71. The first kappa shape index (κ1) is 13.5. The first-order valence-corrected chi connectivity index (χ1v) is 7.06. The third-order valence-corrected chi connectivity index (χ3v) is 3.98. The second-order valence-electron chi connectivity index (χ2n) is 5.36. The highest BCUT2D eigenvalue weighted by Gasteiger charge is 2.21. The van der Waals surface area contributed by atoms with E-state index in [2.05, 4.69) is 11.0 Å². The van der Waals surface area contributed by atoms with Crippen LogP contribution in [0.4, 0.5) is 11.4 Å². The van der Waals surface area contributed by atoms with Crippen molar-refractivity contribution in [3.63, 3.8) is 0 Å². The van der Waals surface area contributed by atoms with Crippen molar-refractivity contribution < 1.29 is 9.90 Å². The van der Waals surface area contributed by atoms with Gasteiger partial charge in [0.15, 0.2) is 0 Å². The number of carbonyl (C=O) groups is 1. The molecule has 0 aliphatic carbocycles. The normalized spacial score (nSPS) is 13.2. The molecule has 3 N–H and O–H groups in total. The van der Waals surface area contributed by atoms with E-state index in [1.165, 1.54) is 11.3 Å². The van der Waals surface area contributed by atoms with Crippen LogP contribution in [-0.4, -0.2) is 17.6 Å². The molecule has 21 heavy (non-hydrogen) atoms. The largest absolute Gasteiger partial charge is 0.481 e. The van der Waals surface area contributed by atoms with Gasteiger partial charge < -0.3 is 15.7 Å². The minimum absolute atomic E-state index is 0.0633. The van der Waals surface area contributed by atoms with Crippen molar-refractivity contribution in [2.75, 3.05) is 17.2 Å². The average Bonchev–Trinajstić information content (AvgIpc) is 2.85. The maximum atomic E-state index is 11.0. The average molecular weight is 282 g/mol. The standard InChI is InChI=1S/C17H18N2O2/c18-15-6-3-7-16-14(15)8-9-19(16)11-13-5-2-1-4-12(13)10-17(20)21/h1-7H,8-11,18H2,(H,20,21). The fourth-order valence-corrected chi connectivity index (χ4v) is 2.94. The van der Waals surface area contributed by atoms with Crippen molar-refractivity contribution in [1.82, 2.24) is 0 Å². The monoisotopic (exact) mass is 282 g/mol. The smallest absolute Gasteiger partial charge is 0.307 e. The van der Waals surface area contributed by atoms with Gasteiger partial charge in [-0.15, -0.1) is 0 Å². The number of rotatable bonds is 4. The highest BCUT2D eigenvalue weighted by Crippen LogP contribution is 2.33. The number of nitrogens with zero attached hydrogens (tertiary/aromatic N) is 1. The van der Waals surface area contributed by atoms with E-state index >= 15 is 0 Å². The first-order valence-electron chi connectivity index (χ1n) is 7.06. The Bertz CT molecular complexity index is 682. The SMILES string of the molecule is Nc1cccc2c1CCN2Cc1ccccc1CC(=O)O. The molecule has 0 radical (unpaired) electrons. The molecule has 0 fully saturated rings. The second-order valence-corrected chi connectivity index (χ2v) is 5.36. The van der Waals surface area contributed by atoms with Gasteiger partial charge in [0.05, 0.1) is 6.42 Å². The van der Waals surface area contributed by atoms with Gasteiger partial charge in [-0.3, -0.25) is 4.79 Å². The quantitative estimate of drug-likeness (QED) is 0.845. The Morgan fingerprint density at radius 1 is 1.14 bits per heavy atom. The van der Waals surface area contributed by atoms with Gasteiger partial charge in [0, 0.05) is 30.0 Å². The first-order chi connectivity index (χ1) is 10.1. The number of nitrogen functional groups attached to an aromatic ring is 1. The van der Waals surface area contributed by atoms with E-state index in [9.17, 15) is 4.79 Å². The summed E-state index contributed by atoms with van der Waals surface area (Å²) in [4.78, 5) is 13.2. The lowest BCUT2D eigenvalue weighted by molar-refractivity contribution is -0.136. The Morgan fingerprint density at radius 3 is 2.67 bits per heavy atom. The topological polar surface area (TPSA) is 66.6 Å². The van der Waals surface area contributed by atoms with Crippen LogP contribution in [-0.2, 0) is 24.2 Å². The van der Waals surface area contributed by atoms with Crippen LogP contribution in [0, 0.1) is 0 Å². The van der Waals surface area contributed by atoms with Gasteiger partial charge in [-0.2, -0.15) is 0 Å². The van der Waals surface area contributed by atoms with E-state index in [1.54, 1.807) is 0 Å². The Kier molecular flexibility index (Phi) is 3.52. The number of benzene rings is 2. The molecule has 3 rings (SSSR count). The summed E-state index contributed by atoms with van der Waals surface area (Å²) in [7, 11) is 0. The van der Waals surface area contributed by atoms with Gasteiger partial charge in [0.25, 0.3) is 0 Å². The third kappa shape index (κ3) is 2.70. The van der Waals surface area contributed by atoms with E-state index < -0.39 is 5.97 Å².